The summed E-state index contributed by atoms with van der Waals surface area (Å²) in [4.78, 5) is -0.0200. The Balaban J connectivity index is 2.19. The zero-order valence-corrected chi connectivity index (χ0v) is 11.9. The topological polar surface area (TPSA) is 58.2 Å². The molecule has 0 bridgehead atoms. The van der Waals surface area contributed by atoms with Gasteiger partial charge in [-0.15, -0.1) is 0 Å². The van der Waals surface area contributed by atoms with Gasteiger partial charge in [0.2, 0.25) is 10.0 Å². The Hall–Kier alpha value is -0.980. The van der Waals surface area contributed by atoms with E-state index in [1.807, 2.05) is 6.92 Å². The fourth-order valence-corrected chi connectivity index (χ4v) is 3.58. The van der Waals surface area contributed by atoms with Gasteiger partial charge in [-0.25, -0.2) is 17.5 Å². The molecule has 0 aromatic heterocycles. The lowest BCUT2D eigenvalue weighted by molar-refractivity contribution is 0.348. The van der Waals surface area contributed by atoms with Crippen molar-refractivity contribution in [3.05, 3.63) is 29.6 Å². The van der Waals surface area contributed by atoms with Gasteiger partial charge >= 0.3 is 0 Å². The van der Waals surface area contributed by atoms with E-state index < -0.39 is 15.8 Å². The fraction of sp³-hybridized carbons (Fsp3) is 0.538. The summed E-state index contributed by atoms with van der Waals surface area (Å²) in [5, 5.41) is 3.23. The molecule has 1 saturated heterocycles. The summed E-state index contributed by atoms with van der Waals surface area (Å²) in [6.07, 6.45) is 1.72. The molecule has 1 fully saturated rings. The summed E-state index contributed by atoms with van der Waals surface area (Å²) in [7, 11) is -3.66. The summed E-state index contributed by atoms with van der Waals surface area (Å²) in [6.45, 7) is 4.45. The van der Waals surface area contributed by atoms with E-state index in [2.05, 4.69) is 10.0 Å². The average molecular weight is 286 g/mol. The van der Waals surface area contributed by atoms with Gasteiger partial charge in [-0.2, -0.15) is 0 Å². The fourth-order valence-electron chi connectivity index (χ4n) is 2.21. The molecule has 2 atom stereocenters. The number of hydrogen-bond donors (Lipinski definition) is 2. The Bertz CT molecular complexity index is 560. The van der Waals surface area contributed by atoms with Crippen molar-refractivity contribution in [3.8, 4) is 0 Å². The van der Waals surface area contributed by atoms with Crippen LogP contribution >= 0.6 is 0 Å². The summed E-state index contributed by atoms with van der Waals surface area (Å²) in [6, 6.07) is 3.91. The van der Waals surface area contributed by atoms with Gasteiger partial charge in [-0.05, 0) is 50.9 Å². The zero-order valence-electron chi connectivity index (χ0n) is 11.1. The van der Waals surface area contributed by atoms with Crippen LogP contribution in [0.2, 0.25) is 0 Å². The van der Waals surface area contributed by atoms with E-state index in [1.54, 1.807) is 6.92 Å². The molecule has 1 aromatic carbocycles. The van der Waals surface area contributed by atoms with E-state index in [1.165, 1.54) is 12.1 Å². The van der Waals surface area contributed by atoms with Crippen molar-refractivity contribution in [2.45, 2.75) is 43.7 Å². The quantitative estimate of drug-likeness (QED) is 0.886. The third kappa shape index (κ3) is 3.32. The highest BCUT2D eigenvalue weighted by molar-refractivity contribution is 7.89. The van der Waals surface area contributed by atoms with Crippen molar-refractivity contribution in [2.75, 3.05) is 6.54 Å². The molecule has 0 radical (unpaired) electrons. The lowest BCUT2D eigenvalue weighted by Crippen LogP contribution is -2.51. The predicted octanol–water partition coefficient (Wildman–Crippen LogP) is 1.55. The normalized spacial score (nSPS) is 24.4. The van der Waals surface area contributed by atoms with Crippen LogP contribution in [-0.2, 0) is 10.0 Å². The van der Waals surface area contributed by atoms with Crippen molar-refractivity contribution in [1.29, 1.82) is 0 Å². The van der Waals surface area contributed by atoms with Gasteiger partial charge in [-0.3, -0.25) is 0 Å². The minimum atomic E-state index is -3.66. The molecule has 0 aliphatic carbocycles. The standard InChI is InChI=1S/C13H19FN2O2S/c1-9-5-6-11(8-12(9)14)19(17,18)16-13-4-3-7-15-10(13)2/h5-6,8,10,13,15-16H,3-4,7H2,1-2H3. The Morgan fingerprint density at radius 1 is 1.42 bits per heavy atom. The minimum absolute atomic E-state index is 0.0200. The Kier molecular flexibility index (Phi) is 4.23. The molecule has 106 valence electrons. The molecule has 1 aliphatic rings. The van der Waals surface area contributed by atoms with Gasteiger partial charge in [0.15, 0.2) is 0 Å². The summed E-state index contributed by atoms with van der Waals surface area (Å²) in [5.74, 6) is -0.502. The molecule has 2 unspecified atom stereocenters. The molecule has 19 heavy (non-hydrogen) atoms. The van der Waals surface area contributed by atoms with Crippen molar-refractivity contribution in [1.82, 2.24) is 10.0 Å². The van der Waals surface area contributed by atoms with E-state index in [0.717, 1.165) is 25.5 Å². The van der Waals surface area contributed by atoms with Crippen LogP contribution in [0.5, 0.6) is 0 Å². The number of piperidine rings is 1. The van der Waals surface area contributed by atoms with Crippen molar-refractivity contribution >= 4 is 10.0 Å². The Morgan fingerprint density at radius 3 is 2.79 bits per heavy atom. The molecule has 6 heteroatoms. The molecular weight excluding hydrogens is 267 g/mol. The van der Waals surface area contributed by atoms with Gasteiger partial charge in [0.1, 0.15) is 5.82 Å². The van der Waals surface area contributed by atoms with E-state index in [0.29, 0.717) is 5.56 Å². The first-order chi connectivity index (χ1) is 8.90. The van der Waals surface area contributed by atoms with Crippen molar-refractivity contribution < 1.29 is 12.8 Å². The Labute approximate surface area is 113 Å². The summed E-state index contributed by atoms with van der Waals surface area (Å²) >= 11 is 0. The molecule has 1 aromatic rings. The molecule has 0 spiro atoms. The molecule has 1 heterocycles. The minimum Gasteiger partial charge on any atom is -0.313 e. The highest BCUT2D eigenvalue weighted by Gasteiger charge is 2.26. The molecule has 2 N–H and O–H groups in total. The predicted molar refractivity (Wildman–Crippen MR) is 71.9 cm³/mol. The SMILES string of the molecule is Cc1ccc(S(=O)(=O)NC2CCCNC2C)cc1F. The van der Waals surface area contributed by atoms with Crippen molar-refractivity contribution in [2.24, 2.45) is 0 Å². The number of rotatable bonds is 3. The molecule has 0 amide bonds. The Morgan fingerprint density at radius 2 is 2.16 bits per heavy atom. The highest BCUT2D eigenvalue weighted by atomic mass is 32.2. The highest BCUT2D eigenvalue weighted by Crippen LogP contribution is 2.17. The lowest BCUT2D eigenvalue weighted by Gasteiger charge is -2.30. The first-order valence-corrected chi connectivity index (χ1v) is 7.90. The van der Waals surface area contributed by atoms with E-state index >= 15 is 0 Å². The first kappa shape index (κ1) is 14.4. The van der Waals surface area contributed by atoms with E-state index in [-0.39, 0.29) is 17.0 Å². The average Bonchev–Trinajstić information content (AvgIpc) is 2.35. The van der Waals surface area contributed by atoms with Crippen LogP contribution in [0.25, 0.3) is 0 Å². The van der Waals surface area contributed by atoms with Gasteiger partial charge < -0.3 is 5.32 Å². The van der Waals surface area contributed by atoms with Crippen LogP contribution in [0.15, 0.2) is 23.1 Å². The van der Waals surface area contributed by atoms with Crippen LogP contribution < -0.4 is 10.0 Å². The van der Waals surface area contributed by atoms with Gasteiger partial charge in [0.05, 0.1) is 4.90 Å². The maximum atomic E-state index is 13.5. The number of hydrogen-bond acceptors (Lipinski definition) is 3. The van der Waals surface area contributed by atoms with Crippen LogP contribution in [0.4, 0.5) is 4.39 Å². The van der Waals surface area contributed by atoms with Crippen LogP contribution in [0.1, 0.15) is 25.3 Å². The van der Waals surface area contributed by atoms with Gasteiger partial charge in [-0.1, -0.05) is 6.07 Å². The lowest BCUT2D eigenvalue weighted by atomic mass is 10.0. The first-order valence-electron chi connectivity index (χ1n) is 6.42. The van der Waals surface area contributed by atoms with Crippen LogP contribution in [-0.4, -0.2) is 27.0 Å². The smallest absolute Gasteiger partial charge is 0.240 e. The van der Waals surface area contributed by atoms with Crippen LogP contribution in [0, 0.1) is 12.7 Å². The number of sulfonamides is 1. The number of benzene rings is 1. The van der Waals surface area contributed by atoms with Crippen LogP contribution in [0.3, 0.4) is 0 Å². The second kappa shape index (κ2) is 5.56. The monoisotopic (exact) mass is 286 g/mol. The summed E-state index contributed by atoms with van der Waals surface area (Å²) < 4.78 is 40.5. The second-order valence-electron chi connectivity index (χ2n) is 5.02. The zero-order chi connectivity index (χ0) is 14.0. The molecule has 2 rings (SSSR count). The molecule has 0 saturated carbocycles. The summed E-state index contributed by atoms with van der Waals surface area (Å²) in [5.41, 5.74) is 0.437. The number of halogens is 1. The number of aryl methyl sites for hydroxylation is 1. The second-order valence-corrected chi connectivity index (χ2v) is 6.74. The maximum Gasteiger partial charge on any atom is 0.240 e. The van der Waals surface area contributed by atoms with Gasteiger partial charge in [0, 0.05) is 12.1 Å². The largest absolute Gasteiger partial charge is 0.313 e. The molecule has 1 aliphatic heterocycles. The molecular formula is C13H19FN2O2S. The molecule has 4 nitrogen and oxygen atoms in total. The van der Waals surface area contributed by atoms with E-state index in [9.17, 15) is 12.8 Å². The maximum absolute atomic E-state index is 13.5. The van der Waals surface area contributed by atoms with Gasteiger partial charge in [0.25, 0.3) is 0 Å². The number of nitrogens with one attached hydrogen (secondary N) is 2. The third-order valence-electron chi connectivity index (χ3n) is 3.52. The van der Waals surface area contributed by atoms with Crippen molar-refractivity contribution in [3.63, 3.8) is 0 Å². The third-order valence-corrected chi connectivity index (χ3v) is 5.01. The van der Waals surface area contributed by atoms with E-state index in [4.69, 9.17) is 0 Å².